The Morgan fingerprint density at radius 3 is 2.04 bits per heavy atom. The summed E-state index contributed by atoms with van der Waals surface area (Å²) in [5.74, 6) is -1.37. The van der Waals surface area contributed by atoms with E-state index in [1.54, 1.807) is 48.5 Å². The first kappa shape index (κ1) is 18.2. The van der Waals surface area contributed by atoms with Gasteiger partial charge >= 0.3 is 11.9 Å². The van der Waals surface area contributed by atoms with E-state index in [0.29, 0.717) is 11.1 Å². The zero-order chi connectivity index (χ0) is 18.2. The van der Waals surface area contributed by atoms with Crippen molar-refractivity contribution in [3.05, 3.63) is 70.8 Å². The van der Waals surface area contributed by atoms with Crippen LogP contribution in [-0.4, -0.2) is 31.6 Å². The highest BCUT2D eigenvalue weighted by atomic mass is 16.5. The number of nitrogens with one attached hydrogen (secondary N) is 1. The van der Waals surface area contributed by atoms with Gasteiger partial charge in [0.1, 0.15) is 0 Å². The maximum Gasteiger partial charge on any atom is 0.338 e. The monoisotopic (exact) mass is 341 g/mol. The Balaban J connectivity index is 1.77. The van der Waals surface area contributed by atoms with E-state index in [1.807, 2.05) is 6.92 Å². The normalized spacial score (nSPS) is 10.0. The van der Waals surface area contributed by atoms with Gasteiger partial charge < -0.3 is 14.8 Å². The van der Waals surface area contributed by atoms with Gasteiger partial charge in [0, 0.05) is 6.54 Å². The zero-order valence-electron chi connectivity index (χ0n) is 14.1. The van der Waals surface area contributed by atoms with Crippen LogP contribution in [0.5, 0.6) is 0 Å². The summed E-state index contributed by atoms with van der Waals surface area (Å²) < 4.78 is 9.59. The molecule has 0 saturated heterocycles. The Morgan fingerprint density at radius 1 is 0.880 bits per heavy atom. The maximum atomic E-state index is 11.8. The summed E-state index contributed by atoms with van der Waals surface area (Å²) >= 11 is 0. The molecule has 0 heterocycles. The van der Waals surface area contributed by atoms with Gasteiger partial charge in [-0.05, 0) is 36.8 Å². The molecule has 6 nitrogen and oxygen atoms in total. The van der Waals surface area contributed by atoms with Crippen molar-refractivity contribution in [1.29, 1.82) is 0 Å². The highest BCUT2D eigenvalue weighted by molar-refractivity contribution is 5.91. The molecule has 0 aliphatic heterocycles. The predicted molar refractivity (Wildman–Crippen MR) is 91.1 cm³/mol. The number of benzene rings is 2. The molecule has 25 heavy (non-hydrogen) atoms. The van der Waals surface area contributed by atoms with Crippen molar-refractivity contribution < 1.29 is 23.9 Å². The summed E-state index contributed by atoms with van der Waals surface area (Å²) in [5, 5.41) is 2.65. The molecule has 0 unspecified atom stereocenters. The second-order valence-electron chi connectivity index (χ2n) is 5.41. The number of carbonyl (C=O) groups is 3. The van der Waals surface area contributed by atoms with Crippen LogP contribution in [0.4, 0.5) is 0 Å². The summed E-state index contributed by atoms with van der Waals surface area (Å²) in [5.41, 5.74) is 2.68. The van der Waals surface area contributed by atoms with Crippen LogP contribution in [0, 0.1) is 6.92 Å². The standard InChI is InChI=1S/C19H19NO5/c1-13-3-7-16(8-4-13)19(23)25-12-17(21)20-11-14-5-9-15(10-6-14)18(22)24-2/h3-10H,11-12H2,1-2H3,(H,20,21). The van der Waals surface area contributed by atoms with Crippen molar-refractivity contribution in [2.75, 3.05) is 13.7 Å². The number of aryl methyl sites for hydroxylation is 1. The number of hydrogen-bond donors (Lipinski definition) is 1. The fourth-order valence-corrected chi connectivity index (χ4v) is 2.03. The molecule has 0 radical (unpaired) electrons. The second kappa shape index (κ2) is 8.63. The second-order valence-corrected chi connectivity index (χ2v) is 5.41. The molecule has 0 bridgehead atoms. The molecule has 1 amide bonds. The minimum absolute atomic E-state index is 0.266. The third-order valence-electron chi connectivity index (χ3n) is 3.49. The molecular formula is C19H19NO5. The topological polar surface area (TPSA) is 81.7 Å². The van der Waals surface area contributed by atoms with Gasteiger partial charge in [-0.2, -0.15) is 0 Å². The van der Waals surface area contributed by atoms with Gasteiger partial charge in [-0.25, -0.2) is 9.59 Å². The molecule has 0 atom stereocenters. The largest absolute Gasteiger partial charge is 0.465 e. The summed E-state index contributed by atoms with van der Waals surface area (Å²) in [4.78, 5) is 34.9. The van der Waals surface area contributed by atoms with Crippen molar-refractivity contribution in [1.82, 2.24) is 5.32 Å². The van der Waals surface area contributed by atoms with Crippen molar-refractivity contribution in [3.63, 3.8) is 0 Å². The molecule has 1 N–H and O–H groups in total. The minimum Gasteiger partial charge on any atom is -0.465 e. The van der Waals surface area contributed by atoms with Crippen molar-refractivity contribution in [3.8, 4) is 0 Å². The third-order valence-corrected chi connectivity index (χ3v) is 3.49. The van der Waals surface area contributed by atoms with Crippen LogP contribution in [-0.2, 0) is 20.8 Å². The first-order valence-corrected chi connectivity index (χ1v) is 7.67. The molecule has 2 aromatic carbocycles. The lowest BCUT2D eigenvalue weighted by Gasteiger charge is -2.07. The van der Waals surface area contributed by atoms with Crippen LogP contribution in [0.15, 0.2) is 48.5 Å². The van der Waals surface area contributed by atoms with Gasteiger partial charge in [0.25, 0.3) is 5.91 Å². The van der Waals surface area contributed by atoms with Crippen LogP contribution in [0.3, 0.4) is 0 Å². The van der Waals surface area contributed by atoms with E-state index in [4.69, 9.17) is 4.74 Å². The molecule has 0 saturated carbocycles. The summed E-state index contributed by atoms with van der Waals surface area (Å²) in [6, 6.07) is 13.6. The van der Waals surface area contributed by atoms with Gasteiger partial charge in [-0.1, -0.05) is 29.8 Å². The van der Waals surface area contributed by atoms with Gasteiger partial charge in [-0.15, -0.1) is 0 Å². The predicted octanol–water partition coefficient (Wildman–Crippen LogP) is 2.25. The number of ether oxygens (including phenoxy) is 2. The number of amides is 1. The van der Waals surface area contributed by atoms with E-state index in [-0.39, 0.29) is 13.2 Å². The number of esters is 2. The molecule has 0 aliphatic carbocycles. The van der Waals surface area contributed by atoms with Crippen molar-refractivity contribution in [2.45, 2.75) is 13.5 Å². The van der Waals surface area contributed by atoms with E-state index in [9.17, 15) is 14.4 Å². The Hall–Kier alpha value is -3.15. The Morgan fingerprint density at radius 2 is 1.44 bits per heavy atom. The lowest BCUT2D eigenvalue weighted by Crippen LogP contribution is -2.28. The van der Waals surface area contributed by atoms with Crippen molar-refractivity contribution >= 4 is 17.8 Å². The van der Waals surface area contributed by atoms with Gasteiger partial charge in [-0.3, -0.25) is 4.79 Å². The Bertz CT molecular complexity index is 750. The summed E-state index contributed by atoms with van der Waals surface area (Å²) in [7, 11) is 1.31. The molecule has 0 aromatic heterocycles. The van der Waals surface area contributed by atoms with Crippen LogP contribution in [0.25, 0.3) is 0 Å². The zero-order valence-corrected chi connectivity index (χ0v) is 14.1. The SMILES string of the molecule is COC(=O)c1ccc(CNC(=O)COC(=O)c2ccc(C)cc2)cc1. The first-order valence-electron chi connectivity index (χ1n) is 7.67. The van der Waals surface area contributed by atoms with E-state index < -0.39 is 17.8 Å². The highest BCUT2D eigenvalue weighted by Crippen LogP contribution is 2.06. The van der Waals surface area contributed by atoms with Gasteiger partial charge in [0.05, 0.1) is 18.2 Å². The van der Waals surface area contributed by atoms with Crippen LogP contribution >= 0.6 is 0 Å². The molecule has 130 valence electrons. The van der Waals surface area contributed by atoms with Gasteiger partial charge in [0.15, 0.2) is 6.61 Å². The Kier molecular flexibility index (Phi) is 6.28. The number of carbonyl (C=O) groups excluding carboxylic acids is 3. The van der Waals surface area contributed by atoms with Gasteiger partial charge in [0.2, 0.25) is 0 Å². The number of rotatable bonds is 6. The number of hydrogen-bond acceptors (Lipinski definition) is 5. The van der Waals surface area contributed by atoms with E-state index >= 15 is 0 Å². The summed E-state index contributed by atoms with van der Waals surface area (Å²) in [6.45, 7) is 1.83. The summed E-state index contributed by atoms with van der Waals surface area (Å²) in [6.07, 6.45) is 0. The van der Waals surface area contributed by atoms with E-state index in [1.165, 1.54) is 7.11 Å². The lowest BCUT2D eigenvalue weighted by molar-refractivity contribution is -0.124. The average molecular weight is 341 g/mol. The fraction of sp³-hybridized carbons (Fsp3) is 0.211. The quantitative estimate of drug-likeness (QED) is 0.815. The highest BCUT2D eigenvalue weighted by Gasteiger charge is 2.10. The van der Waals surface area contributed by atoms with E-state index in [0.717, 1.165) is 11.1 Å². The molecule has 0 spiro atoms. The first-order chi connectivity index (χ1) is 12.0. The van der Waals surface area contributed by atoms with Crippen molar-refractivity contribution in [2.24, 2.45) is 0 Å². The molecule has 6 heteroatoms. The average Bonchev–Trinajstić information content (AvgIpc) is 2.64. The molecular weight excluding hydrogens is 322 g/mol. The van der Waals surface area contributed by atoms with E-state index in [2.05, 4.69) is 10.1 Å². The van der Waals surface area contributed by atoms with Crippen LogP contribution < -0.4 is 5.32 Å². The van der Waals surface area contributed by atoms with Crippen LogP contribution in [0.2, 0.25) is 0 Å². The molecule has 0 fully saturated rings. The smallest absolute Gasteiger partial charge is 0.338 e. The molecule has 0 aliphatic rings. The van der Waals surface area contributed by atoms with Crippen LogP contribution in [0.1, 0.15) is 31.8 Å². The minimum atomic E-state index is -0.544. The Labute approximate surface area is 145 Å². The fourth-order valence-electron chi connectivity index (χ4n) is 2.03. The molecule has 2 aromatic rings. The maximum absolute atomic E-state index is 11.8. The molecule has 2 rings (SSSR count). The number of methoxy groups -OCH3 is 1. The third kappa shape index (κ3) is 5.46. The lowest BCUT2D eigenvalue weighted by atomic mass is 10.1.